The van der Waals surface area contributed by atoms with Gasteiger partial charge in [-0.05, 0) is 49.0 Å². The lowest BCUT2D eigenvalue weighted by atomic mass is 9.82. The van der Waals surface area contributed by atoms with Crippen molar-refractivity contribution >= 4 is 11.8 Å². The molecule has 2 aliphatic carbocycles. The Hall–Kier alpha value is -0.690. The Morgan fingerprint density at radius 3 is 2.27 bits per heavy atom. The second-order valence-corrected chi connectivity index (χ2v) is 8.60. The molecule has 2 rings (SSSR count). The van der Waals surface area contributed by atoms with Crippen LogP contribution in [0.3, 0.4) is 0 Å². The standard InChI is InChI=1S/C21H32S/c1-6-21(7-2,22-20-14-8-17(5)9-15-20)19-12-10-18(11-13-19)16(3)4/h8,10,12-18H,6-7,9,11H2,1-5H3. The molecule has 122 valence electrons. The molecule has 0 spiro atoms. The third-order valence-electron chi connectivity index (χ3n) is 5.25. The van der Waals surface area contributed by atoms with Gasteiger partial charge in [0, 0.05) is 9.65 Å². The summed E-state index contributed by atoms with van der Waals surface area (Å²) in [5.41, 5.74) is 1.55. The Bertz CT molecular complexity index is 486. The van der Waals surface area contributed by atoms with Crippen molar-refractivity contribution in [3.63, 3.8) is 0 Å². The van der Waals surface area contributed by atoms with E-state index < -0.39 is 0 Å². The van der Waals surface area contributed by atoms with Gasteiger partial charge in [-0.1, -0.05) is 71.1 Å². The fourth-order valence-corrected chi connectivity index (χ4v) is 4.67. The van der Waals surface area contributed by atoms with E-state index in [0.717, 1.165) is 11.8 Å². The van der Waals surface area contributed by atoms with Crippen molar-refractivity contribution < 1.29 is 0 Å². The van der Waals surface area contributed by atoms with Crippen LogP contribution in [0.4, 0.5) is 0 Å². The highest BCUT2D eigenvalue weighted by Gasteiger charge is 2.32. The second kappa shape index (κ2) is 7.73. The molecule has 0 aliphatic heterocycles. The van der Waals surface area contributed by atoms with Crippen LogP contribution in [0.15, 0.2) is 46.9 Å². The highest BCUT2D eigenvalue weighted by Crippen LogP contribution is 2.47. The number of hydrogen-bond donors (Lipinski definition) is 0. The number of hydrogen-bond acceptors (Lipinski definition) is 1. The molecule has 0 bridgehead atoms. The maximum atomic E-state index is 2.51. The fraction of sp³-hybridized carbons (Fsp3) is 0.619. The molecule has 0 fully saturated rings. The molecule has 0 saturated carbocycles. The Kier molecular flexibility index (Phi) is 6.20. The highest BCUT2D eigenvalue weighted by atomic mass is 32.2. The third kappa shape index (κ3) is 3.98. The quantitative estimate of drug-likeness (QED) is 0.512. The van der Waals surface area contributed by atoms with Crippen LogP contribution in [0.1, 0.15) is 60.3 Å². The predicted molar refractivity (Wildman–Crippen MR) is 102 cm³/mol. The molecule has 2 atom stereocenters. The zero-order chi connectivity index (χ0) is 16.2. The summed E-state index contributed by atoms with van der Waals surface area (Å²) in [5, 5.41) is 0. The SMILES string of the molecule is CCC(CC)(SC1=CCC(C)C=C1)C1=CCC(C(C)C)C=C1. The fourth-order valence-electron chi connectivity index (χ4n) is 3.34. The van der Waals surface area contributed by atoms with E-state index in [1.807, 2.05) is 0 Å². The maximum Gasteiger partial charge on any atom is 0.0446 e. The number of allylic oxidation sites excluding steroid dienone is 6. The van der Waals surface area contributed by atoms with Crippen LogP contribution in [0.2, 0.25) is 0 Å². The van der Waals surface area contributed by atoms with Crippen molar-refractivity contribution in [1.82, 2.24) is 0 Å². The Morgan fingerprint density at radius 2 is 1.82 bits per heavy atom. The highest BCUT2D eigenvalue weighted by molar-refractivity contribution is 8.04. The summed E-state index contributed by atoms with van der Waals surface area (Å²) in [6.07, 6.45) is 19.3. The van der Waals surface area contributed by atoms with E-state index in [0.29, 0.717) is 5.92 Å². The van der Waals surface area contributed by atoms with Gasteiger partial charge in [0.15, 0.2) is 0 Å². The first-order valence-electron chi connectivity index (χ1n) is 8.97. The lowest BCUT2D eigenvalue weighted by Gasteiger charge is -2.36. The minimum absolute atomic E-state index is 0.245. The van der Waals surface area contributed by atoms with Gasteiger partial charge in [-0.15, -0.1) is 11.8 Å². The third-order valence-corrected chi connectivity index (χ3v) is 6.99. The van der Waals surface area contributed by atoms with Crippen molar-refractivity contribution in [2.45, 2.75) is 65.0 Å². The number of thioether (sulfide) groups is 1. The Labute approximate surface area is 141 Å². The van der Waals surface area contributed by atoms with E-state index in [2.05, 4.69) is 82.8 Å². The molecule has 0 radical (unpaired) electrons. The van der Waals surface area contributed by atoms with Crippen LogP contribution in [0, 0.1) is 17.8 Å². The average molecular weight is 317 g/mol. The zero-order valence-electron chi connectivity index (χ0n) is 14.9. The molecule has 0 aromatic carbocycles. The molecule has 0 aromatic heterocycles. The largest absolute Gasteiger partial charge is 0.115 e. The maximum absolute atomic E-state index is 2.51. The normalized spacial score (nSPS) is 25.4. The van der Waals surface area contributed by atoms with Gasteiger partial charge in [0.2, 0.25) is 0 Å². The first-order valence-corrected chi connectivity index (χ1v) is 9.78. The molecule has 2 aliphatic rings. The summed E-state index contributed by atoms with van der Waals surface area (Å²) in [7, 11) is 0. The van der Waals surface area contributed by atoms with Crippen LogP contribution < -0.4 is 0 Å². The van der Waals surface area contributed by atoms with Gasteiger partial charge in [0.05, 0.1) is 0 Å². The minimum atomic E-state index is 0.245. The molecule has 0 nitrogen and oxygen atoms in total. The van der Waals surface area contributed by atoms with Gasteiger partial charge >= 0.3 is 0 Å². The van der Waals surface area contributed by atoms with Gasteiger partial charge in [-0.25, -0.2) is 0 Å². The van der Waals surface area contributed by atoms with E-state index in [1.165, 1.54) is 30.6 Å². The first kappa shape index (κ1) is 17.7. The molecule has 0 aromatic rings. The molecule has 2 unspecified atom stereocenters. The van der Waals surface area contributed by atoms with Crippen LogP contribution in [0.5, 0.6) is 0 Å². The minimum Gasteiger partial charge on any atom is -0.115 e. The lowest BCUT2D eigenvalue weighted by Crippen LogP contribution is -2.27. The summed E-state index contributed by atoms with van der Waals surface area (Å²) in [6.45, 7) is 11.6. The zero-order valence-corrected chi connectivity index (χ0v) is 15.7. The smallest absolute Gasteiger partial charge is 0.0446 e. The van der Waals surface area contributed by atoms with Crippen molar-refractivity contribution in [3.8, 4) is 0 Å². The molecule has 1 heteroatoms. The summed E-state index contributed by atoms with van der Waals surface area (Å²) < 4.78 is 0.245. The van der Waals surface area contributed by atoms with Crippen molar-refractivity contribution in [2.24, 2.45) is 17.8 Å². The van der Waals surface area contributed by atoms with E-state index in [9.17, 15) is 0 Å². The van der Waals surface area contributed by atoms with Gasteiger partial charge in [-0.3, -0.25) is 0 Å². The van der Waals surface area contributed by atoms with Crippen LogP contribution >= 0.6 is 11.8 Å². The Morgan fingerprint density at radius 1 is 1.09 bits per heavy atom. The van der Waals surface area contributed by atoms with E-state index >= 15 is 0 Å². The summed E-state index contributed by atoms with van der Waals surface area (Å²) in [5.74, 6) is 2.15. The van der Waals surface area contributed by atoms with Crippen LogP contribution in [0.25, 0.3) is 0 Å². The average Bonchev–Trinajstić information content (AvgIpc) is 2.55. The second-order valence-electron chi connectivity index (χ2n) is 7.14. The summed E-state index contributed by atoms with van der Waals surface area (Å²) in [6, 6.07) is 0. The van der Waals surface area contributed by atoms with E-state index in [1.54, 1.807) is 5.57 Å². The van der Waals surface area contributed by atoms with Gasteiger partial charge in [-0.2, -0.15) is 0 Å². The summed E-state index contributed by atoms with van der Waals surface area (Å²) in [4.78, 5) is 1.46. The number of rotatable bonds is 6. The monoisotopic (exact) mass is 316 g/mol. The van der Waals surface area contributed by atoms with Crippen molar-refractivity contribution in [3.05, 3.63) is 46.9 Å². The molecular weight excluding hydrogens is 284 g/mol. The van der Waals surface area contributed by atoms with Crippen molar-refractivity contribution in [2.75, 3.05) is 0 Å². The van der Waals surface area contributed by atoms with Gasteiger partial charge < -0.3 is 0 Å². The molecular formula is C21H32S. The van der Waals surface area contributed by atoms with E-state index in [-0.39, 0.29) is 4.75 Å². The van der Waals surface area contributed by atoms with Crippen molar-refractivity contribution in [1.29, 1.82) is 0 Å². The van der Waals surface area contributed by atoms with Crippen LogP contribution in [-0.2, 0) is 0 Å². The van der Waals surface area contributed by atoms with Gasteiger partial charge in [0.1, 0.15) is 0 Å². The van der Waals surface area contributed by atoms with E-state index in [4.69, 9.17) is 0 Å². The van der Waals surface area contributed by atoms with Gasteiger partial charge in [0.25, 0.3) is 0 Å². The first-order chi connectivity index (χ1) is 10.5. The molecule has 0 saturated heterocycles. The Balaban J connectivity index is 2.16. The summed E-state index contributed by atoms with van der Waals surface area (Å²) >= 11 is 2.09. The molecule has 0 heterocycles. The lowest BCUT2D eigenvalue weighted by molar-refractivity contribution is 0.462. The molecule has 0 N–H and O–H groups in total. The topological polar surface area (TPSA) is 0 Å². The predicted octanol–water partition coefficient (Wildman–Crippen LogP) is 6.92. The molecule has 0 amide bonds. The molecule has 22 heavy (non-hydrogen) atoms. The van der Waals surface area contributed by atoms with Crippen LogP contribution in [-0.4, -0.2) is 4.75 Å².